The van der Waals surface area contributed by atoms with Crippen molar-refractivity contribution in [2.24, 2.45) is 11.8 Å². The first-order valence-electron chi connectivity index (χ1n) is 6.19. The molecular formula is C12H23NO2. The number of hydrogen-bond donors (Lipinski definition) is 1. The first-order valence-corrected chi connectivity index (χ1v) is 6.19. The molecule has 3 nitrogen and oxygen atoms in total. The van der Waals surface area contributed by atoms with Crippen LogP contribution in [0.25, 0.3) is 0 Å². The maximum Gasteiger partial charge on any atom is 0.0509 e. The van der Waals surface area contributed by atoms with Crippen molar-refractivity contribution < 1.29 is 9.47 Å². The van der Waals surface area contributed by atoms with E-state index in [1.165, 1.54) is 12.8 Å². The second-order valence-electron chi connectivity index (χ2n) is 4.99. The van der Waals surface area contributed by atoms with Gasteiger partial charge in [-0.3, -0.25) is 0 Å². The van der Waals surface area contributed by atoms with Crippen molar-refractivity contribution in [1.82, 2.24) is 5.32 Å². The topological polar surface area (TPSA) is 30.5 Å². The molecule has 88 valence electrons. The molecule has 2 saturated heterocycles. The minimum absolute atomic E-state index is 0.572. The molecule has 4 atom stereocenters. The highest BCUT2D eigenvalue weighted by molar-refractivity contribution is 4.82. The second-order valence-corrected chi connectivity index (χ2v) is 4.99. The summed E-state index contributed by atoms with van der Waals surface area (Å²) in [7, 11) is 0. The van der Waals surface area contributed by atoms with Crippen molar-refractivity contribution >= 4 is 0 Å². The zero-order chi connectivity index (χ0) is 10.7. The van der Waals surface area contributed by atoms with Crippen molar-refractivity contribution in [3.63, 3.8) is 0 Å². The Labute approximate surface area is 92.5 Å². The molecule has 2 rings (SSSR count). The van der Waals surface area contributed by atoms with Gasteiger partial charge < -0.3 is 14.8 Å². The van der Waals surface area contributed by atoms with Gasteiger partial charge in [-0.1, -0.05) is 0 Å². The van der Waals surface area contributed by atoms with Crippen LogP contribution < -0.4 is 5.32 Å². The van der Waals surface area contributed by atoms with Crippen molar-refractivity contribution in [1.29, 1.82) is 0 Å². The lowest BCUT2D eigenvalue weighted by atomic mass is 9.96. The predicted molar refractivity (Wildman–Crippen MR) is 59.9 cm³/mol. The molecule has 2 aliphatic heterocycles. The second kappa shape index (κ2) is 5.28. The van der Waals surface area contributed by atoms with Crippen LogP contribution in [-0.2, 0) is 9.47 Å². The quantitative estimate of drug-likeness (QED) is 0.766. The first-order chi connectivity index (χ1) is 7.27. The Morgan fingerprint density at radius 1 is 0.933 bits per heavy atom. The van der Waals surface area contributed by atoms with Gasteiger partial charge in [-0.25, -0.2) is 0 Å². The summed E-state index contributed by atoms with van der Waals surface area (Å²) in [5.74, 6) is 1.41. The normalized spacial score (nSPS) is 35.6. The minimum Gasteiger partial charge on any atom is -0.381 e. The number of nitrogens with one attached hydrogen (secondary N) is 1. The number of rotatable bonds is 4. The molecule has 2 heterocycles. The summed E-state index contributed by atoms with van der Waals surface area (Å²) in [5, 5.41) is 3.70. The summed E-state index contributed by atoms with van der Waals surface area (Å²) in [6.07, 6.45) is 2.42. The molecule has 2 fully saturated rings. The molecular weight excluding hydrogens is 190 g/mol. The fourth-order valence-electron chi connectivity index (χ4n) is 2.58. The van der Waals surface area contributed by atoms with E-state index in [1.54, 1.807) is 0 Å². The van der Waals surface area contributed by atoms with Gasteiger partial charge in [0, 0.05) is 25.3 Å². The third-order valence-electron chi connectivity index (χ3n) is 3.87. The maximum absolute atomic E-state index is 5.42. The van der Waals surface area contributed by atoms with Crippen molar-refractivity contribution in [3.05, 3.63) is 0 Å². The smallest absolute Gasteiger partial charge is 0.0509 e. The van der Waals surface area contributed by atoms with E-state index in [2.05, 4.69) is 19.2 Å². The van der Waals surface area contributed by atoms with E-state index in [1.807, 2.05) is 0 Å². The molecule has 2 aliphatic rings. The molecule has 1 N–H and O–H groups in total. The Bertz CT molecular complexity index is 166. The lowest BCUT2D eigenvalue weighted by molar-refractivity contribution is 0.165. The average molecular weight is 213 g/mol. The molecule has 0 aliphatic carbocycles. The molecule has 15 heavy (non-hydrogen) atoms. The highest BCUT2D eigenvalue weighted by Gasteiger charge is 2.27. The fraction of sp³-hybridized carbons (Fsp3) is 1.00. The molecule has 0 aromatic heterocycles. The van der Waals surface area contributed by atoms with Gasteiger partial charge >= 0.3 is 0 Å². The van der Waals surface area contributed by atoms with Gasteiger partial charge in [0.05, 0.1) is 13.2 Å². The summed E-state index contributed by atoms with van der Waals surface area (Å²) in [4.78, 5) is 0. The van der Waals surface area contributed by atoms with Crippen LogP contribution in [0.2, 0.25) is 0 Å². The zero-order valence-corrected chi connectivity index (χ0v) is 9.87. The SMILES string of the molecule is CC(NC(C)C1CCOC1)C1CCOC1. The third kappa shape index (κ3) is 2.92. The molecule has 4 unspecified atom stereocenters. The van der Waals surface area contributed by atoms with Crippen LogP contribution in [0.4, 0.5) is 0 Å². The molecule has 0 amide bonds. The van der Waals surface area contributed by atoms with Crippen molar-refractivity contribution in [2.75, 3.05) is 26.4 Å². The summed E-state index contributed by atoms with van der Waals surface area (Å²) < 4.78 is 10.8. The largest absolute Gasteiger partial charge is 0.381 e. The predicted octanol–water partition coefficient (Wildman–Crippen LogP) is 1.43. The van der Waals surface area contributed by atoms with Crippen LogP contribution in [0.3, 0.4) is 0 Å². The Hall–Kier alpha value is -0.120. The van der Waals surface area contributed by atoms with E-state index in [9.17, 15) is 0 Å². The van der Waals surface area contributed by atoms with Gasteiger partial charge in [-0.2, -0.15) is 0 Å². The minimum atomic E-state index is 0.572. The average Bonchev–Trinajstić information content (AvgIpc) is 2.91. The maximum atomic E-state index is 5.42. The summed E-state index contributed by atoms with van der Waals surface area (Å²) in [5.41, 5.74) is 0. The van der Waals surface area contributed by atoms with Gasteiger partial charge in [0.15, 0.2) is 0 Å². The Morgan fingerprint density at radius 3 is 1.73 bits per heavy atom. The highest BCUT2D eigenvalue weighted by atomic mass is 16.5. The molecule has 0 spiro atoms. The van der Waals surface area contributed by atoms with Crippen molar-refractivity contribution in [2.45, 2.75) is 38.8 Å². The van der Waals surface area contributed by atoms with E-state index < -0.39 is 0 Å². The highest BCUT2D eigenvalue weighted by Crippen LogP contribution is 2.20. The lowest BCUT2D eigenvalue weighted by Gasteiger charge is -2.27. The van der Waals surface area contributed by atoms with E-state index in [-0.39, 0.29) is 0 Å². The Balaban J connectivity index is 1.74. The van der Waals surface area contributed by atoms with E-state index in [0.717, 1.165) is 26.4 Å². The molecule has 0 aromatic rings. The van der Waals surface area contributed by atoms with Crippen LogP contribution in [0.15, 0.2) is 0 Å². The van der Waals surface area contributed by atoms with E-state index in [0.29, 0.717) is 23.9 Å². The van der Waals surface area contributed by atoms with Gasteiger partial charge in [0.1, 0.15) is 0 Å². The van der Waals surface area contributed by atoms with Gasteiger partial charge in [-0.05, 0) is 38.5 Å². The standard InChI is InChI=1S/C12H23NO2/c1-9(11-3-5-14-7-11)13-10(2)12-4-6-15-8-12/h9-13H,3-8H2,1-2H3. The van der Waals surface area contributed by atoms with Gasteiger partial charge in [0.25, 0.3) is 0 Å². The van der Waals surface area contributed by atoms with Crippen LogP contribution in [-0.4, -0.2) is 38.5 Å². The lowest BCUT2D eigenvalue weighted by Crippen LogP contribution is -2.43. The monoisotopic (exact) mass is 213 g/mol. The summed E-state index contributed by atoms with van der Waals surface area (Å²) >= 11 is 0. The molecule has 0 aromatic carbocycles. The number of hydrogen-bond acceptors (Lipinski definition) is 3. The van der Waals surface area contributed by atoms with Crippen LogP contribution >= 0.6 is 0 Å². The number of ether oxygens (including phenoxy) is 2. The molecule has 0 bridgehead atoms. The first kappa shape index (κ1) is 11.4. The molecule has 0 saturated carbocycles. The van der Waals surface area contributed by atoms with Crippen LogP contribution in [0.5, 0.6) is 0 Å². The third-order valence-corrected chi connectivity index (χ3v) is 3.87. The fourth-order valence-corrected chi connectivity index (χ4v) is 2.58. The van der Waals surface area contributed by atoms with E-state index >= 15 is 0 Å². The Morgan fingerprint density at radius 2 is 1.40 bits per heavy atom. The van der Waals surface area contributed by atoms with E-state index in [4.69, 9.17) is 9.47 Å². The van der Waals surface area contributed by atoms with Gasteiger partial charge in [-0.15, -0.1) is 0 Å². The Kier molecular flexibility index (Phi) is 4.00. The van der Waals surface area contributed by atoms with Crippen LogP contribution in [0, 0.1) is 11.8 Å². The van der Waals surface area contributed by atoms with Crippen molar-refractivity contribution in [3.8, 4) is 0 Å². The zero-order valence-electron chi connectivity index (χ0n) is 9.87. The molecule has 3 heteroatoms. The molecule has 0 radical (unpaired) electrons. The van der Waals surface area contributed by atoms with Gasteiger partial charge in [0.2, 0.25) is 0 Å². The van der Waals surface area contributed by atoms with Crippen LogP contribution in [0.1, 0.15) is 26.7 Å². The summed E-state index contributed by atoms with van der Waals surface area (Å²) in [6, 6.07) is 1.14. The summed E-state index contributed by atoms with van der Waals surface area (Å²) in [6.45, 7) is 8.32.